The smallest absolute Gasteiger partial charge is 0.338 e. The topological polar surface area (TPSA) is 52.6 Å². The fourth-order valence-electron chi connectivity index (χ4n) is 6.00. The number of piperidine rings is 1. The van der Waals surface area contributed by atoms with Crippen LogP contribution in [0.1, 0.15) is 78.4 Å². The normalized spacial score (nSPS) is 21.9. The van der Waals surface area contributed by atoms with Crippen molar-refractivity contribution in [3.8, 4) is 0 Å². The van der Waals surface area contributed by atoms with Crippen LogP contribution in [0.15, 0.2) is 24.3 Å². The summed E-state index contributed by atoms with van der Waals surface area (Å²) >= 11 is 0. The monoisotopic (exact) mass is 571 g/mol. The molecule has 2 saturated heterocycles. The van der Waals surface area contributed by atoms with Crippen molar-refractivity contribution >= 4 is 5.91 Å². The van der Waals surface area contributed by atoms with E-state index < -0.39 is 23.7 Å². The van der Waals surface area contributed by atoms with E-state index in [4.69, 9.17) is 0 Å². The van der Waals surface area contributed by atoms with Gasteiger partial charge < -0.3 is 4.90 Å². The maximum atomic E-state index is 13.3. The molecule has 0 N–H and O–H groups in total. The second-order valence-electron chi connectivity index (χ2n) is 11.2. The lowest BCUT2D eigenvalue weighted by molar-refractivity contribution is -0.145. The van der Waals surface area contributed by atoms with Crippen LogP contribution in [-0.2, 0) is 12.4 Å². The molecule has 0 radical (unpaired) electrons. The van der Waals surface area contributed by atoms with Gasteiger partial charge in [-0.2, -0.15) is 26.3 Å². The van der Waals surface area contributed by atoms with Gasteiger partial charge in [-0.1, -0.05) is 12.1 Å². The molecule has 3 heterocycles. The van der Waals surface area contributed by atoms with Crippen molar-refractivity contribution in [3.63, 3.8) is 0 Å². The molecule has 0 saturated carbocycles. The first-order chi connectivity index (χ1) is 18.5. The number of benzene rings is 1. The minimum Gasteiger partial charge on any atom is -0.338 e. The molecule has 4 rings (SSSR count). The van der Waals surface area contributed by atoms with Crippen molar-refractivity contribution in [2.24, 2.45) is 0 Å². The Morgan fingerprint density at radius 3 is 1.95 bits per heavy atom. The molecule has 0 bridgehead atoms. The van der Waals surface area contributed by atoms with Crippen molar-refractivity contribution in [3.05, 3.63) is 58.2 Å². The molecule has 0 spiro atoms. The number of aromatic nitrogens is 2. The van der Waals surface area contributed by atoms with E-state index in [1.54, 1.807) is 17.0 Å². The molecule has 2 aliphatic heterocycles. The standard InChI is InChI=1S/C28H35F6N5O/c1-17-16-38(14-15-39(17)20(4)21-6-8-22(9-7-21)27(29,30)31)26(5)10-12-37(13-11-26)24(40)23-18(2)35-25(28(32,33)34)36-19(23)3/h6-9,17,20H,10-16H2,1-5H3. The Kier molecular flexibility index (Phi) is 8.26. The molecule has 1 aromatic heterocycles. The number of aryl methyl sites for hydroxylation is 2. The number of alkyl halides is 6. The number of halogens is 6. The van der Waals surface area contributed by atoms with Crippen LogP contribution in [0.2, 0.25) is 0 Å². The first-order valence-corrected chi connectivity index (χ1v) is 13.4. The average Bonchev–Trinajstić information content (AvgIpc) is 2.87. The van der Waals surface area contributed by atoms with E-state index in [1.165, 1.54) is 13.8 Å². The minimum atomic E-state index is -4.68. The molecule has 0 aliphatic carbocycles. The fourth-order valence-corrected chi connectivity index (χ4v) is 6.00. The Balaban J connectivity index is 1.37. The summed E-state index contributed by atoms with van der Waals surface area (Å²) in [6.45, 7) is 12.3. The van der Waals surface area contributed by atoms with Crippen LogP contribution in [0.3, 0.4) is 0 Å². The van der Waals surface area contributed by atoms with Gasteiger partial charge in [-0.15, -0.1) is 0 Å². The van der Waals surface area contributed by atoms with Crippen LogP contribution in [0, 0.1) is 13.8 Å². The summed E-state index contributed by atoms with van der Waals surface area (Å²) in [5.41, 5.74) is 0.182. The van der Waals surface area contributed by atoms with Gasteiger partial charge in [0, 0.05) is 50.3 Å². The summed E-state index contributed by atoms with van der Waals surface area (Å²) in [5.74, 6) is -1.60. The fraction of sp³-hybridized carbons (Fsp3) is 0.607. The Labute approximate surface area is 230 Å². The molecule has 12 heteroatoms. The van der Waals surface area contributed by atoms with Gasteiger partial charge in [0.1, 0.15) is 0 Å². The second-order valence-corrected chi connectivity index (χ2v) is 11.2. The highest BCUT2D eigenvalue weighted by Crippen LogP contribution is 2.35. The number of piperazine rings is 1. The van der Waals surface area contributed by atoms with Crippen LogP contribution in [0.5, 0.6) is 0 Å². The van der Waals surface area contributed by atoms with Gasteiger partial charge in [-0.3, -0.25) is 14.6 Å². The minimum absolute atomic E-state index is 0.0188. The number of likely N-dealkylation sites (tertiary alicyclic amines) is 1. The lowest BCUT2D eigenvalue weighted by Gasteiger charge is -2.52. The quantitative estimate of drug-likeness (QED) is 0.429. The molecule has 6 nitrogen and oxygen atoms in total. The van der Waals surface area contributed by atoms with E-state index in [9.17, 15) is 31.1 Å². The number of hydrogen-bond donors (Lipinski definition) is 0. The molecule has 220 valence electrons. The highest BCUT2D eigenvalue weighted by Gasteiger charge is 2.42. The van der Waals surface area contributed by atoms with Gasteiger partial charge in [-0.05, 0) is 65.2 Å². The van der Waals surface area contributed by atoms with Gasteiger partial charge in [0.25, 0.3) is 5.91 Å². The first-order valence-electron chi connectivity index (χ1n) is 13.4. The number of nitrogens with zero attached hydrogens (tertiary/aromatic N) is 5. The van der Waals surface area contributed by atoms with E-state index in [0.717, 1.165) is 37.3 Å². The maximum Gasteiger partial charge on any atom is 0.451 e. The van der Waals surface area contributed by atoms with E-state index in [2.05, 4.69) is 33.6 Å². The summed E-state index contributed by atoms with van der Waals surface area (Å²) in [5, 5.41) is 0. The Hall–Kier alpha value is -2.73. The van der Waals surface area contributed by atoms with Crippen LogP contribution in [-0.4, -0.2) is 74.9 Å². The lowest BCUT2D eigenvalue weighted by atomic mass is 9.86. The highest BCUT2D eigenvalue weighted by atomic mass is 19.4. The maximum absolute atomic E-state index is 13.3. The molecule has 1 amide bonds. The van der Waals surface area contributed by atoms with Crippen LogP contribution in [0.4, 0.5) is 26.3 Å². The van der Waals surface area contributed by atoms with Gasteiger partial charge >= 0.3 is 12.4 Å². The average molecular weight is 572 g/mol. The Bertz CT molecular complexity index is 1200. The molecule has 40 heavy (non-hydrogen) atoms. The zero-order chi connectivity index (χ0) is 29.6. The van der Waals surface area contributed by atoms with Crippen molar-refractivity contribution in [2.45, 2.75) is 77.4 Å². The van der Waals surface area contributed by atoms with Crippen LogP contribution >= 0.6 is 0 Å². The van der Waals surface area contributed by atoms with E-state index in [1.807, 2.05) is 6.92 Å². The third-order valence-corrected chi connectivity index (χ3v) is 8.53. The van der Waals surface area contributed by atoms with E-state index >= 15 is 0 Å². The second kappa shape index (κ2) is 10.9. The van der Waals surface area contributed by atoms with Gasteiger partial charge in [-0.25, -0.2) is 9.97 Å². The van der Waals surface area contributed by atoms with Crippen molar-refractivity contribution in [1.29, 1.82) is 0 Å². The SMILES string of the molecule is Cc1nc(C(F)(F)F)nc(C)c1C(=O)N1CCC(C)(N2CCN(C(C)c3ccc(C(F)(F)F)cc3)C(C)C2)CC1. The van der Waals surface area contributed by atoms with E-state index in [0.29, 0.717) is 25.9 Å². The summed E-state index contributed by atoms with van der Waals surface area (Å²) in [4.78, 5) is 26.7. The van der Waals surface area contributed by atoms with Gasteiger partial charge in [0.2, 0.25) is 5.82 Å². The summed E-state index contributed by atoms with van der Waals surface area (Å²) in [7, 11) is 0. The highest BCUT2D eigenvalue weighted by molar-refractivity contribution is 5.96. The molecule has 2 aliphatic rings. The summed E-state index contributed by atoms with van der Waals surface area (Å²) in [6.07, 6.45) is -7.63. The third-order valence-electron chi connectivity index (χ3n) is 8.53. The number of rotatable bonds is 4. The zero-order valence-electron chi connectivity index (χ0n) is 23.3. The largest absolute Gasteiger partial charge is 0.451 e. The lowest BCUT2D eigenvalue weighted by Crippen LogP contribution is -2.62. The van der Waals surface area contributed by atoms with Crippen molar-refractivity contribution < 1.29 is 31.1 Å². The van der Waals surface area contributed by atoms with Crippen molar-refractivity contribution in [2.75, 3.05) is 32.7 Å². The van der Waals surface area contributed by atoms with Crippen molar-refractivity contribution in [1.82, 2.24) is 24.7 Å². The van der Waals surface area contributed by atoms with E-state index in [-0.39, 0.29) is 40.5 Å². The molecule has 1 aromatic carbocycles. The molecule has 2 atom stereocenters. The predicted molar refractivity (Wildman–Crippen MR) is 138 cm³/mol. The van der Waals surface area contributed by atoms with Crippen LogP contribution < -0.4 is 0 Å². The third kappa shape index (κ3) is 6.12. The first kappa shape index (κ1) is 30.2. The molecular formula is C28H35F6N5O. The number of carbonyl (C=O) groups is 1. The number of hydrogen-bond acceptors (Lipinski definition) is 5. The molecular weight excluding hydrogens is 536 g/mol. The van der Waals surface area contributed by atoms with Gasteiger partial charge in [0.05, 0.1) is 22.5 Å². The molecule has 2 unspecified atom stereocenters. The zero-order valence-corrected chi connectivity index (χ0v) is 23.3. The molecule has 2 fully saturated rings. The Morgan fingerprint density at radius 2 is 1.48 bits per heavy atom. The summed E-state index contributed by atoms with van der Waals surface area (Å²) < 4.78 is 78.1. The summed E-state index contributed by atoms with van der Waals surface area (Å²) in [6, 6.07) is 5.48. The number of amides is 1. The Morgan fingerprint density at radius 1 is 0.925 bits per heavy atom. The molecule has 2 aromatic rings. The predicted octanol–water partition coefficient (Wildman–Crippen LogP) is 5.89. The van der Waals surface area contributed by atoms with Crippen LogP contribution in [0.25, 0.3) is 0 Å². The number of carbonyl (C=O) groups excluding carboxylic acids is 1. The van der Waals surface area contributed by atoms with Gasteiger partial charge in [0.15, 0.2) is 0 Å².